The molecular formula is C20H22N4O3. The molecule has 0 aliphatic heterocycles. The normalized spacial score (nSPS) is 9.85. The van der Waals surface area contributed by atoms with Crippen LogP contribution in [-0.2, 0) is 20.7 Å². The molecule has 0 fully saturated rings. The number of hydrogen-bond acceptors (Lipinski definition) is 5. The van der Waals surface area contributed by atoms with Crippen LogP contribution in [0.15, 0.2) is 48.0 Å². The fourth-order valence-electron chi connectivity index (χ4n) is 2.63. The molecule has 0 aliphatic rings. The number of rotatable bonds is 7. The standard InChI is InChI=1S/C20H22N4O3/c1-3-27-19(26)16(12-25)9-15-8-7-14(11-18(15)23-2)13-5-4-6-17(10-13)24-20(21)22/h4-8,10-11,23H,3,9H2,1-2H3,(H4,21,22,24). The van der Waals surface area contributed by atoms with Gasteiger partial charge in [0.1, 0.15) is 11.5 Å². The molecule has 2 rings (SSSR count). The van der Waals surface area contributed by atoms with Crippen molar-refractivity contribution in [2.24, 2.45) is 5.73 Å². The van der Waals surface area contributed by atoms with Gasteiger partial charge in [0.25, 0.3) is 0 Å². The molecule has 0 amide bonds. The summed E-state index contributed by atoms with van der Waals surface area (Å²) in [5.41, 5.74) is 9.47. The molecule has 0 radical (unpaired) electrons. The van der Waals surface area contributed by atoms with E-state index >= 15 is 0 Å². The third kappa shape index (κ3) is 5.20. The van der Waals surface area contributed by atoms with Crippen molar-refractivity contribution in [3.63, 3.8) is 0 Å². The van der Waals surface area contributed by atoms with Crippen molar-refractivity contribution in [2.45, 2.75) is 13.3 Å². The molecule has 140 valence electrons. The SMILES string of the molecule is CCOC(=O)C(=C=O)Cc1ccc(-c2cccc(NC(=N)N)c2)cc1NC. The summed E-state index contributed by atoms with van der Waals surface area (Å²) in [6.07, 6.45) is 0.130. The molecule has 0 heterocycles. The zero-order valence-corrected chi connectivity index (χ0v) is 15.3. The molecule has 7 nitrogen and oxygen atoms in total. The van der Waals surface area contributed by atoms with Crippen LogP contribution >= 0.6 is 0 Å². The average Bonchev–Trinajstić information content (AvgIpc) is 2.65. The molecule has 0 unspecified atom stereocenters. The Morgan fingerprint density at radius 1 is 1.22 bits per heavy atom. The monoisotopic (exact) mass is 366 g/mol. The second kappa shape index (κ2) is 9.22. The quantitative estimate of drug-likeness (QED) is 0.197. The van der Waals surface area contributed by atoms with Crippen molar-refractivity contribution in [3.8, 4) is 11.1 Å². The maximum atomic E-state index is 11.8. The van der Waals surface area contributed by atoms with Gasteiger partial charge in [0.15, 0.2) is 5.96 Å². The number of nitrogens with two attached hydrogens (primary N) is 1. The first-order valence-electron chi connectivity index (χ1n) is 8.41. The maximum Gasteiger partial charge on any atom is 0.345 e. The molecule has 0 bridgehead atoms. The minimum Gasteiger partial charge on any atom is -0.462 e. The molecule has 0 saturated heterocycles. The van der Waals surface area contributed by atoms with E-state index in [0.717, 1.165) is 22.4 Å². The van der Waals surface area contributed by atoms with Gasteiger partial charge in [0.05, 0.1) is 6.61 Å². The highest BCUT2D eigenvalue weighted by Gasteiger charge is 2.15. The number of benzene rings is 2. The van der Waals surface area contributed by atoms with Gasteiger partial charge >= 0.3 is 5.97 Å². The first kappa shape index (κ1) is 19.8. The smallest absolute Gasteiger partial charge is 0.345 e. The van der Waals surface area contributed by atoms with Crippen LogP contribution in [0, 0.1) is 5.41 Å². The van der Waals surface area contributed by atoms with Gasteiger partial charge in [-0.1, -0.05) is 24.3 Å². The summed E-state index contributed by atoms with van der Waals surface area (Å²) in [4.78, 5) is 22.9. The van der Waals surface area contributed by atoms with Gasteiger partial charge in [-0.05, 0) is 41.8 Å². The minimum absolute atomic E-state index is 0.0474. The van der Waals surface area contributed by atoms with Gasteiger partial charge in [-0.3, -0.25) is 5.41 Å². The Morgan fingerprint density at radius 3 is 2.59 bits per heavy atom. The Kier molecular flexibility index (Phi) is 6.74. The largest absolute Gasteiger partial charge is 0.462 e. The zero-order valence-electron chi connectivity index (χ0n) is 15.3. The van der Waals surface area contributed by atoms with E-state index in [2.05, 4.69) is 10.6 Å². The summed E-state index contributed by atoms with van der Waals surface area (Å²) in [5, 5.41) is 13.2. The molecule has 2 aromatic rings. The van der Waals surface area contributed by atoms with Crippen LogP contribution in [-0.4, -0.2) is 31.5 Å². The van der Waals surface area contributed by atoms with E-state index in [4.69, 9.17) is 15.9 Å². The van der Waals surface area contributed by atoms with E-state index in [-0.39, 0.29) is 24.6 Å². The number of guanidine groups is 1. The Bertz CT molecular complexity index is 902. The van der Waals surface area contributed by atoms with Gasteiger partial charge in [-0.15, -0.1) is 0 Å². The summed E-state index contributed by atoms with van der Waals surface area (Å²) < 4.78 is 4.89. The zero-order chi connectivity index (χ0) is 19.8. The van der Waals surface area contributed by atoms with Crippen molar-refractivity contribution < 1.29 is 14.3 Å². The number of carbonyl (C=O) groups excluding carboxylic acids is 2. The fourth-order valence-corrected chi connectivity index (χ4v) is 2.63. The van der Waals surface area contributed by atoms with Gasteiger partial charge in [0.2, 0.25) is 0 Å². The highest BCUT2D eigenvalue weighted by Crippen LogP contribution is 2.28. The molecular weight excluding hydrogens is 344 g/mol. The second-order valence-electron chi connectivity index (χ2n) is 5.72. The minimum atomic E-state index is -0.651. The summed E-state index contributed by atoms with van der Waals surface area (Å²) >= 11 is 0. The number of esters is 1. The van der Waals surface area contributed by atoms with Crippen LogP contribution < -0.4 is 16.4 Å². The highest BCUT2D eigenvalue weighted by molar-refractivity contribution is 5.97. The van der Waals surface area contributed by atoms with Crippen LogP contribution in [0.2, 0.25) is 0 Å². The lowest BCUT2D eigenvalue weighted by molar-refractivity contribution is -0.138. The first-order valence-corrected chi connectivity index (χ1v) is 8.41. The lowest BCUT2D eigenvalue weighted by Gasteiger charge is -2.13. The number of hydrogen-bond donors (Lipinski definition) is 4. The van der Waals surface area contributed by atoms with E-state index in [1.807, 2.05) is 42.5 Å². The van der Waals surface area contributed by atoms with Crippen molar-refractivity contribution in [3.05, 3.63) is 53.6 Å². The van der Waals surface area contributed by atoms with E-state index in [9.17, 15) is 9.59 Å². The molecule has 0 saturated carbocycles. The van der Waals surface area contributed by atoms with Gasteiger partial charge in [0, 0.05) is 24.8 Å². The van der Waals surface area contributed by atoms with E-state index < -0.39 is 5.97 Å². The summed E-state index contributed by atoms with van der Waals surface area (Å²) in [6, 6.07) is 13.2. The first-order chi connectivity index (χ1) is 13.0. The van der Waals surface area contributed by atoms with Crippen LogP contribution in [0.1, 0.15) is 12.5 Å². The topological polar surface area (TPSA) is 117 Å². The van der Waals surface area contributed by atoms with Crippen molar-refractivity contribution in [1.29, 1.82) is 5.41 Å². The van der Waals surface area contributed by atoms with Gasteiger partial charge < -0.3 is 21.1 Å². The Balaban J connectivity index is 2.32. The molecule has 0 aromatic heterocycles. The molecule has 0 aliphatic carbocycles. The predicted octanol–water partition coefficient (Wildman–Crippen LogP) is 2.56. The van der Waals surface area contributed by atoms with E-state index in [1.165, 1.54) is 0 Å². The Hall–Kier alpha value is -3.57. The number of ether oxygens (including phenoxy) is 1. The molecule has 0 atom stereocenters. The fraction of sp³-hybridized carbons (Fsp3) is 0.200. The van der Waals surface area contributed by atoms with E-state index in [0.29, 0.717) is 5.69 Å². The summed E-state index contributed by atoms with van der Waals surface area (Å²) in [7, 11) is 1.77. The predicted molar refractivity (Wildman–Crippen MR) is 107 cm³/mol. The summed E-state index contributed by atoms with van der Waals surface area (Å²) in [5.74, 6) is 0.898. The lowest BCUT2D eigenvalue weighted by atomic mass is 9.98. The Labute approximate surface area is 157 Å². The highest BCUT2D eigenvalue weighted by atomic mass is 16.5. The number of nitrogens with one attached hydrogen (secondary N) is 3. The third-order valence-electron chi connectivity index (χ3n) is 3.87. The molecule has 2 aromatic carbocycles. The third-order valence-corrected chi connectivity index (χ3v) is 3.87. The van der Waals surface area contributed by atoms with Crippen LogP contribution in [0.4, 0.5) is 11.4 Å². The average molecular weight is 366 g/mol. The van der Waals surface area contributed by atoms with Crippen molar-refractivity contribution in [1.82, 2.24) is 0 Å². The molecule has 7 heteroatoms. The Morgan fingerprint density at radius 2 is 1.96 bits per heavy atom. The lowest BCUT2D eigenvalue weighted by Crippen LogP contribution is -2.20. The van der Waals surface area contributed by atoms with Crippen molar-refractivity contribution >= 4 is 29.2 Å². The van der Waals surface area contributed by atoms with Gasteiger partial charge in [-0.2, -0.15) is 0 Å². The molecule has 27 heavy (non-hydrogen) atoms. The van der Waals surface area contributed by atoms with Crippen LogP contribution in [0.3, 0.4) is 0 Å². The molecule has 5 N–H and O–H groups in total. The second-order valence-corrected chi connectivity index (χ2v) is 5.72. The van der Waals surface area contributed by atoms with Crippen LogP contribution in [0.5, 0.6) is 0 Å². The van der Waals surface area contributed by atoms with E-state index in [1.54, 1.807) is 19.9 Å². The maximum absolute atomic E-state index is 11.8. The number of carbonyl (C=O) groups is 1. The molecule has 0 spiro atoms. The van der Waals surface area contributed by atoms with Crippen molar-refractivity contribution in [2.75, 3.05) is 24.3 Å². The number of anilines is 2. The van der Waals surface area contributed by atoms with Crippen LogP contribution in [0.25, 0.3) is 11.1 Å². The summed E-state index contributed by atoms with van der Waals surface area (Å²) in [6.45, 7) is 1.88. The van der Waals surface area contributed by atoms with Gasteiger partial charge in [-0.25, -0.2) is 9.59 Å².